The third-order valence-electron chi connectivity index (χ3n) is 0.896. The molecule has 1 N–H and O–H groups in total. The number of aromatic nitrogens is 2. The molecule has 5 heteroatoms. The third kappa shape index (κ3) is 2.49. The molecular weight excluding hydrogens is 170 g/mol. The van der Waals surface area contributed by atoms with Crippen LogP contribution in [-0.4, -0.2) is 21.3 Å². The number of anilines is 1. The first-order valence-electron chi connectivity index (χ1n) is 2.93. The predicted octanol–water partition coefficient (Wildman–Crippen LogP) is 1.58. The molecule has 1 aromatic heterocycles. The van der Waals surface area contributed by atoms with Crippen LogP contribution in [0.3, 0.4) is 0 Å². The molecule has 0 amide bonds. The Morgan fingerprint density at radius 1 is 1.90 bits per heavy atom. The number of hydrogen-bond donors (Lipinski definition) is 1. The van der Waals surface area contributed by atoms with Crippen molar-refractivity contribution in [3.05, 3.63) is 6.33 Å². The van der Waals surface area contributed by atoms with Crippen LogP contribution in [0.15, 0.2) is 6.33 Å². The van der Waals surface area contributed by atoms with E-state index in [9.17, 15) is 0 Å². The Hall–Kier alpha value is -0.350. The van der Waals surface area contributed by atoms with Crippen molar-refractivity contribution in [1.82, 2.24) is 9.36 Å². The van der Waals surface area contributed by atoms with Crippen LogP contribution in [0.5, 0.6) is 0 Å². The maximum absolute atomic E-state index is 5.69. The second-order valence-electron chi connectivity index (χ2n) is 1.91. The lowest BCUT2D eigenvalue weighted by atomic mass is 10.5. The highest BCUT2D eigenvalue weighted by Crippen LogP contribution is 2.06. The number of rotatable bonds is 3. The van der Waals surface area contributed by atoms with Crippen molar-refractivity contribution in [2.75, 3.05) is 11.9 Å². The van der Waals surface area contributed by atoms with E-state index in [2.05, 4.69) is 14.7 Å². The first-order chi connectivity index (χ1) is 4.79. The molecule has 0 bridgehead atoms. The summed E-state index contributed by atoms with van der Waals surface area (Å²) in [5, 5.41) is 3.99. The minimum absolute atomic E-state index is 0.129. The molecule has 0 aromatic carbocycles. The van der Waals surface area contributed by atoms with Gasteiger partial charge in [0.2, 0.25) is 5.13 Å². The molecule has 1 atom stereocenters. The lowest BCUT2D eigenvalue weighted by molar-refractivity contribution is 0.985. The maximum atomic E-state index is 5.69. The van der Waals surface area contributed by atoms with Crippen molar-refractivity contribution in [3.63, 3.8) is 0 Å². The van der Waals surface area contributed by atoms with Crippen LogP contribution >= 0.6 is 23.1 Å². The minimum Gasteiger partial charge on any atom is -0.359 e. The highest BCUT2D eigenvalue weighted by atomic mass is 35.5. The molecule has 1 heterocycles. The van der Waals surface area contributed by atoms with E-state index >= 15 is 0 Å². The number of hydrogen-bond acceptors (Lipinski definition) is 4. The van der Waals surface area contributed by atoms with E-state index in [1.807, 2.05) is 6.92 Å². The lowest BCUT2D eigenvalue weighted by Crippen LogP contribution is -2.09. The fraction of sp³-hybridized carbons (Fsp3) is 0.600. The van der Waals surface area contributed by atoms with Crippen LogP contribution in [0.4, 0.5) is 5.13 Å². The summed E-state index contributed by atoms with van der Waals surface area (Å²) in [5.74, 6) is 0. The van der Waals surface area contributed by atoms with E-state index in [1.54, 1.807) is 0 Å². The van der Waals surface area contributed by atoms with Gasteiger partial charge in [0.25, 0.3) is 0 Å². The number of alkyl halides is 1. The monoisotopic (exact) mass is 177 g/mol. The second kappa shape index (κ2) is 3.73. The summed E-state index contributed by atoms with van der Waals surface area (Å²) in [6.07, 6.45) is 1.52. The van der Waals surface area contributed by atoms with E-state index in [1.165, 1.54) is 17.9 Å². The summed E-state index contributed by atoms with van der Waals surface area (Å²) >= 11 is 7.02. The first kappa shape index (κ1) is 7.75. The molecule has 56 valence electrons. The Bertz CT molecular complexity index is 175. The maximum Gasteiger partial charge on any atom is 0.202 e. The first-order valence-corrected chi connectivity index (χ1v) is 4.14. The molecule has 1 aromatic rings. The van der Waals surface area contributed by atoms with Crippen molar-refractivity contribution in [2.45, 2.75) is 12.3 Å². The number of nitrogens with zero attached hydrogens (tertiary/aromatic N) is 2. The van der Waals surface area contributed by atoms with Gasteiger partial charge >= 0.3 is 0 Å². The van der Waals surface area contributed by atoms with Gasteiger partial charge in [0.05, 0.1) is 0 Å². The van der Waals surface area contributed by atoms with Crippen LogP contribution in [-0.2, 0) is 0 Å². The van der Waals surface area contributed by atoms with Gasteiger partial charge in [-0.3, -0.25) is 0 Å². The van der Waals surface area contributed by atoms with Gasteiger partial charge in [0.1, 0.15) is 6.33 Å². The van der Waals surface area contributed by atoms with E-state index < -0.39 is 0 Å². The zero-order chi connectivity index (χ0) is 7.40. The van der Waals surface area contributed by atoms with Gasteiger partial charge in [-0.2, -0.15) is 4.37 Å². The quantitative estimate of drug-likeness (QED) is 0.713. The van der Waals surface area contributed by atoms with Crippen LogP contribution in [0.1, 0.15) is 6.92 Å². The van der Waals surface area contributed by atoms with Gasteiger partial charge in [0, 0.05) is 23.5 Å². The minimum atomic E-state index is 0.129. The second-order valence-corrected chi connectivity index (χ2v) is 3.43. The van der Waals surface area contributed by atoms with Crippen molar-refractivity contribution in [3.8, 4) is 0 Å². The molecule has 0 saturated carbocycles. The molecule has 0 radical (unpaired) electrons. The zero-order valence-electron chi connectivity index (χ0n) is 5.54. The van der Waals surface area contributed by atoms with E-state index in [0.29, 0.717) is 0 Å². The van der Waals surface area contributed by atoms with Crippen LogP contribution in [0.2, 0.25) is 0 Å². The Morgan fingerprint density at radius 3 is 3.20 bits per heavy atom. The van der Waals surface area contributed by atoms with Crippen molar-refractivity contribution >= 4 is 28.3 Å². The van der Waals surface area contributed by atoms with Crippen molar-refractivity contribution in [1.29, 1.82) is 0 Å². The summed E-state index contributed by atoms with van der Waals surface area (Å²) in [6.45, 7) is 2.66. The molecule has 1 unspecified atom stereocenters. The Labute approximate surface area is 68.6 Å². The smallest absolute Gasteiger partial charge is 0.202 e. The molecule has 10 heavy (non-hydrogen) atoms. The van der Waals surface area contributed by atoms with E-state index in [4.69, 9.17) is 11.6 Å². The van der Waals surface area contributed by atoms with Gasteiger partial charge in [-0.25, -0.2) is 4.98 Å². The zero-order valence-corrected chi connectivity index (χ0v) is 7.11. The van der Waals surface area contributed by atoms with Gasteiger partial charge in [0.15, 0.2) is 0 Å². The molecule has 0 spiro atoms. The average molecular weight is 178 g/mol. The Balaban J connectivity index is 2.28. The fourth-order valence-corrected chi connectivity index (χ4v) is 0.992. The molecule has 1 rings (SSSR count). The van der Waals surface area contributed by atoms with Crippen LogP contribution in [0.25, 0.3) is 0 Å². The van der Waals surface area contributed by atoms with E-state index in [-0.39, 0.29) is 5.38 Å². The largest absolute Gasteiger partial charge is 0.359 e. The molecular formula is C5H8ClN3S. The topological polar surface area (TPSA) is 37.8 Å². The van der Waals surface area contributed by atoms with Gasteiger partial charge in [-0.05, 0) is 6.92 Å². The van der Waals surface area contributed by atoms with E-state index in [0.717, 1.165) is 11.7 Å². The summed E-state index contributed by atoms with van der Waals surface area (Å²) in [6, 6.07) is 0. The standard InChI is InChI=1S/C5H8ClN3S/c1-4(6)2-7-5-8-3-9-10-5/h3-4H,2H2,1H3,(H,7,8,9). The van der Waals surface area contributed by atoms with Crippen molar-refractivity contribution < 1.29 is 0 Å². The summed E-state index contributed by atoms with van der Waals surface area (Å²) in [4.78, 5) is 3.93. The van der Waals surface area contributed by atoms with Crippen LogP contribution < -0.4 is 5.32 Å². The van der Waals surface area contributed by atoms with Crippen LogP contribution in [0, 0.1) is 0 Å². The predicted molar refractivity (Wildman–Crippen MR) is 43.7 cm³/mol. The summed E-state index contributed by atoms with van der Waals surface area (Å²) < 4.78 is 3.83. The normalized spacial score (nSPS) is 13.0. The highest BCUT2D eigenvalue weighted by Gasteiger charge is 1.97. The lowest BCUT2D eigenvalue weighted by Gasteiger charge is -2.01. The SMILES string of the molecule is CC(Cl)CNc1ncns1. The summed E-state index contributed by atoms with van der Waals surface area (Å²) in [5.41, 5.74) is 0. The molecule has 0 saturated heterocycles. The van der Waals surface area contributed by atoms with Crippen molar-refractivity contribution in [2.24, 2.45) is 0 Å². The Morgan fingerprint density at radius 2 is 2.70 bits per heavy atom. The van der Waals surface area contributed by atoms with Gasteiger partial charge in [-0.15, -0.1) is 11.6 Å². The molecule has 3 nitrogen and oxygen atoms in total. The number of nitrogens with one attached hydrogen (secondary N) is 1. The summed E-state index contributed by atoms with van der Waals surface area (Å²) in [7, 11) is 0. The third-order valence-corrected chi connectivity index (χ3v) is 1.67. The molecule has 0 aliphatic heterocycles. The van der Waals surface area contributed by atoms with Gasteiger partial charge in [-0.1, -0.05) is 0 Å². The molecule has 0 aliphatic carbocycles. The Kier molecular flexibility index (Phi) is 2.89. The molecule has 0 fully saturated rings. The molecule has 0 aliphatic rings. The fourth-order valence-electron chi connectivity index (χ4n) is 0.479. The number of halogens is 1. The highest BCUT2D eigenvalue weighted by molar-refractivity contribution is 7.09. The average Bonchev–Trinajstić information content (AvgIpc) is 2.34. The van der Waals surface area contributed by atoms with Gasteiger partial charge < -0.3 is 5.32 Å².